The third kappa shape index (κ3) is 2.73. The van der Waals surface area contributed by atoms with Gasteiger partial charge in [0.2, 0.25) is 0 Å². The van der Waals surface area contributed by atoms with Gasteiger partial charge in [0.15, 0.2) is 0 Å². The second-order valence-corrected chi connectivity index (χ2v) is 5.31. The van der Waals surface area contributed by atoms with Crippen molar-refractivity contribution in [1.82, 2.24) is 0 Å². The van der Waals surface area contributed by atoms with E-state index in [9.17, 15) is 0 Å². The molecule has 0 fully saturated rings. The van der Waals surface area contributed by atoms with Gasteiger partial charge in [0, 0.05) is 6.42 Å². The van der Waals surface area contributed by atoms with Crippen LogP contribution in [0.2, 0.25) is 0 Å². The standard InChI is InChI=1S/C17H19NO/c1-12-3-6-14(7-4-12)10-15-11-18-16-8-5-13(2)9-17(16)19-15/h3-9,15,18H,10-11H2,1-2H3. The predicted octanol–water partition coefficient (Wildman–Crippen LogP) is 3.72. The van der Waals surface area contributed by atoms with Crippen molar-refractivity contribution in [3.05, 3.63) is 59.2 Å². The number of anilines is 1. The fourth-order valence-corrected chi connectivity index (χ4v) is 2.42. The molecular formula is C17H19NO. The van der Waals surface area contributed by atoms with Crippen LogP contribution in [0, 0.1) is 13.8 Å². The van der Waals surface area contributed by atoms with Gasteiger partial charge in [-0.15, -0.1) is 0 Å². The summed E-state index contributed by atoms with van der Waals surface area (Å²) in [5.74, 6) is 0.975. The van der Waals surface area contributed by atoms with Crippen molar-refractivity contribution in [3.63, 3.8) is 0 Å². The Balaban J connectivity index is 1.73. The molecule has 0 saturated heterocycles. The van der Waals surface area contributed by atoms with Crippen molar-refractivity contribution in [1.29, 1.82) is 0 Å². The number of hydrogen-bond acceptors (Lipinski definition) is 2. The first kappa shape index (κ1) is 12.1. The molecule has 98 valence electrons. The second-order valence-electron chi connectivity index (χ2n) is 5.31. The molecule has 3 rings (SSSR count). The van der Waals surface area contributed by atoms with Gasteiger partial charge in [-0.3, -0.25) is 0 Å². The van der Waals surface area contributed by atoms with E-state index >= 15 is 0 Å². The van der Waals surface area contributed by atoms with E-state index < -0.39 is 0 Å². The van der Waals surface area contributed by atoms with Crippen LogP contribution in [0.4, 0.5) is 5.69 Å². The fourth-order valence-electron chi connectivity index (χ4n) is 2.42. The lowest BCUT2D eigenvalue weighted by Crippen LogP contribution is -2.32. The molecule has 2 heteroatoms. The molecule has 2 aromatic carbocycles. The fraction of sp³-hybridized carbons (Fsp3) is 0.294. The van der Waals surface area contributed by atoms with Gasteiger partial charge in [0.05, 0.1) is 12.2 Å². The van der Waals surface area contributed by atoms with Crippen molar-refractivity contribution in [3.8, 4) is 5.75 Å². The molecule has 0 saturated carbocycles. The maximum Gasteiger partial charge on any atom is 0.143 e. The number of rotatable bonds is 2. The normalized spacial score (nSPS) is 17.3. The Labute approximate surface area is 114 Å². The lowest BCUT2D eigenvalue weighted by atomic mass is 10.0. The van der Waals surface area contributed by atoms with Gasteiger partial charge in [0.25, 0.3) is 0 Å². The zero-order chi connectivity index (χ0) is 13.2. The topological polar surface area (TPSA) is 21.3 Å². The van der Waals surface area contributed by atoms with Gasteiger partial charge in [-0.1, -0.05) is 35.9 Å². The minimum atomic E-state index is 0.206. The smallest absolute Gasteiger partial charge is 0.143 e. The van der Waals surface area contributed by atoms with Crippen molar-refractivity contribution < 1.29 is 4.74 Å². The molecule has 1 aliphatic rings. The van der Waals surface area contributed by atoms with Gasteiger partial charge in [-0.25, -0.2) is 0 Å². The zero-order valence-corrected chi connectivity index (χ0v) is 11.4. The van der Waals surface area contributed by atoms with E-state index in [0.717, 1.165) is 24.4 Å². The van der Waals surface area contributed by atoms with Crippen LogP contribution in [0.3, 0.4) is 0 Å². The van der Waals surface area contributed by atoms with Gasteiger partial charge < -0.3 is 10.1 Å². The summed E-state index contributed by atoms with van der Waals surface area (Å²) in [4.78, 5) is 0. The van der Waals surface area contributed by atoms with Gasteiger partial charge in [-0.2, -0.15) is 0 Å². The molecule has 1 unspecified atom stereocenters. The monoisotopic (exact) mass is 253 g/mol. The van der Waals surface area contributed by atoms with Crippen LogP contribution in [0.15, 0.2) is 42.5 Å². The summed E-state index contributed by atoms with van der Waals surface area (Å²) < 4.78 is 6.08. The minimum absolute atomic E-state index is 0.206. The number of hydrogen-bond donors (Lipinski definition) is 1. The summed E-state index contributed by atoms with van der Waals surface area (Å²) in [7, 11) is 0. The highest BCUT2D eigenvalue weighted by molar-refractivity contribution is 5.59. The first-order valence-electron chi connectivity index (χ1n) is 6.77. The first-order valence-corrected chi connectivity index (χ1v) is 6.77. The Kier molecular flexibility index (Phi) is 3.16. The Morgan fingerprint density at radius 1 is 1.05 bits per heavy atom. The van der Waals surface area contributed by atoms with Crippen LogP contribution >= 0.6 is 0 Å². The average molecular weight is 253 g/mol. The van der Waals surface area contributed by atoms with E-state index in [1.165, 1.54) is 16.7 Å². The SMILES string of the molecule is Cc1ccc(CC2CNc3ccc(C)cc3O2)cc1. The lowest BCUT2D eigenvalue weighted by molar-refractivity contribution is 0.206. The predicted molar refractivity (Wildman–Crippen MR) is 79.0 cm³/mol. The number of aryl methyl sites for hydroxylation is 2. The van der Waals surface area contributed by atoms with Crippen molar-refractivity contribution in [2.24, 2.45) is 0 Å². The van der Waals surface area contributed by atoms with E-state index in [-0.39, 0.29) is 6.10 Å². The van der Waals surface area contributed by atoms with Crippen LogP contribution in [-0.2, 0) is 6.42 Å². The molecule has 19 heavy (non-hydrogen) atoms. The first-order chi connectivity index (χ1) is 9.20. The molecule has 0 aliphatic carbocycles. The molecule has 0 amide bonds. The maximum absolute atomic E-state index is 6.08. The second kappa shape index (κ2) is 4.96. The Morgan fingerprint density at radius 3 is 2.58 bits per heavy atom. The van der Waals surface area contributed by atoms with Crippen molar-refractivity contribution in [2.75, 3.05) is 11.9 Å². The minimum Gasteiger partial charge on any atom is -0.486 e. The lowest BCUT2D eigenvalue weighted by Gasteiger charge is -2.27. The van der Waals surface area contributed by atoms with Crippen LogP contribution in [0.5, 0.6) is 5.75 Å². The molecule has 2 aromatic rings. The third-order valence-electron chi connectivity index (χ3n) is 3.53. The molecular weight excluding hydrogens is 234 g/mol. The Bertz CT molecular complexity index is 574. The number of fused-ring (bicyclic) bond motifs is 1. The number of nitrogens with one attached hydrogen (secondary N) is 1. The molecule has 1 N–H and O–H groups in total. The highest BCUT2D eigenvalue weighted by atomic mass is 16.5. The largest absolute Gasteiger partial charge is 0.486 e. The van der Waals surface area contributed by atoms with E-state index in [4.69, 9.17) is 4.74 Å². The van der Waals surface area contributed by atoms with Gasteiger partial charge in [-0.05, 0) is 37.1 Å². The molecule has 0 radical (unpaired) electrons. The van der Waals surface area contributed by atoms with Crippen LogP contribution in [-0.4, -0.2) is 12.6 Å². The number of ether oxygens (including phenoxy) is 1. The highest BCUT2D eigenvalue weighted by Crippen LogP contribution is 2.30. The van der Waals surface area contributed by atoms with E-state index in [2.05, 4.69) is 61.6 Å². The molecule has 1 atom stereocenters. The van der Waals surface area contributed by atoms with Crippen LogP contribution < -0.4 is 10.1 Å². The molecule has 0 aromatic heterocycles. The summed E-state index contributed by atoms with van der Waals surface area (Å²) in [6.45, 7) is 5.07. The van der Waals surface area contributed by atoms with E-state index in [0.29, 0.717) is 0 Å². The maximum atomic E-state index is 6.08. The highest BCUT2D eigenvalue weighted by Gasteiger charge is 2.19. The summed E-state index contributed by atoms with van der Waals surface area (Å²) in [6, 6.07) is 15.0. The summed E-state index contributed by atoms with van der Waals surface area (Å²) in [6.07, 6.45) is 1.15. The molecule has 2 nitrogen and oxygen atoms in total. The summed E-state index contributed by atoms with van der Waals surface area (Å²) in [5.41, 5.74) is 4.96. The Morgan fingerprint density at radius 2 is 1.79 bits per heavy atom. The third-order valence-corrected chi connectivity index (χ3v) is 3.53. The van der Waals surface area contributed by atoms with Gasteiger partial charge >= 0.3 is 0 Å². The quantitative estimate of drug-likeness (QED) is 0.880. The molecule has 1 heterocycles. The summed E-state index contributed by atoms with van der Waals surface area (Å²) >= 11 is 0. The number of benzene rings is 2. The molecule has 0 bridgehead atoms. The molecule has 1 aliphatic heterocycles. The van der Waals surface area contributed by atoms with Crippen molar-refractivity contribution >= 4 is 5.69 Å². The van der Waals surface area contributed by atoms with E-state index in [1.807, 2.05) is 0 Å². The van der Waals surface area contributed by atoms with Gasteiger partial charge in [0.1, 0.15) is 11.9 Å². The summed E-state index contributed by atoms with van der Waals surface area (Å²) in [5, 5.41) is 3.45. The van der Waals surface area contributed by atoms with Crippen LogP contribution in [0.1, 0.15) is 16.7 Å². The van der Waals surface area contributed by atoms with Crippen LogP contribution in [0.25, 0.3) is 0 Å². The molecule has 0 spiro atoms. The van der Waals surface area contributed by atoms with E-state index in [1.54, 1.807) is 0 Å². The van der Waals surface area contributed by atoms with Crippen molar-refractivity contribution in [2.45, 2.75) is 26.4 Å². The average Bonchev–Trinajstić information content (AvgIpc) is 2.41. The Hall–Kier alpha value is -1.96. The zero-order valence-electron chi connectivity index (χ0n) is 11.4.